The van der Waals surface area contributed by atoms with Gasteiger partial charge in [0.25, 0.3) is 0 Å². The summed E-state index contributed by atoms with van der Waals surface area (Å²) in [6.45, 7) is 6.08. The van der Waals surface area contributed by atoms with Crippen LogP contribution in [0, 0.1) is 0 Å². The van der Waals surface area contributed by atoms with Gasteiger partial charge in [0.1, 0.15) is 11.2 Å². The standard InChI is InChI=1S/C73H49NOS/c1-3-13-62-47(4-2)36-44-66-65-21-12-20-63(71(65)75-70(62)66)55-26-22-49(23-27-55)52-32-40-59(41-33-52)74(58-38-30-51(31-39-58)48-14-6-5-7-15-48)60-42-34-53(35-43-60)50-24-28-56(29-25-50)69-61-18-10-9-17-57(61)46-68-67-45-37-54-16-8-11-19-64(54)72(67)76-73(68)69/h3-46H,2H2,1H3/b13-3-. The molecule has 2 heterocycles. The van der Waals surface area contributed by atoms with Crippen molar-refractivity contribution in [3.05, 3.63) is 273 Å². The minimum absolute atomic E-state index is 0.887. The summed E-state index contributed by atoms with van der Waals surface area (Å²) in [5.41, 5.74) is 18.9. The molecule has 0 radical (unpaired) electrons. The van der Waals surface area contributed by atoms with Crippen LogP contribution in [0.4, 0.5) is 17.1 Å². The topological polar surface area (TPSA) is 16.4 Å². The second-order valence-corrected chi connectivity index (χ2v) is 20.6. The van der Waals surface area contributed by atoms with Crippen molar-refractivity contribution in [3.8, 4) is 55.6 Å². The SMILES string of the molecule is C=Cc1ccc2c(oc3c(-c4ccc(-c5ccc(N(c6ccc(-c7ccccc7)cc6)c6ccc(-c7ccc(-c8c9ccccc9cc9c8sc8c%10ccccc%10ccc98)cc7)cc6)cc5)cc4)cccc32)c1/C=C\C. The predicted octanol–water partition coefficient (Wildman–Crippen LogP) is 21.7. The number of hydrogen-bond donors (Lipinski definition) is 0. The zero-order valence-corrected chi connectivity index (χ0v) is 42.7. The molecule has 2 aromatic heterocycles. The number of hydrogen-bond acceptors (Lipinski definition) is 3. The smallest absolute Gasteiger partial charge is 0.143 e. The molecule has 0 atom stereocenters. The van der Waals surface area contributed by atoms with Crippen molar-refractivity contribution in [2.45, 2.75) is 6.92 Å². The molecule has 76 heavy (non-hydrogen) atoms. The molecule has 14 aromatic rings. The van der Waals surface area contributed by atoms with Crippen LogP contribution in [0.25, 0.3) is 131 Å². The highest BCUT2D eigenvalue weighted by Crippen LogP contribution is 2.47. The number of benzene rings is 12. The summed E-state index contributed by atoms with van der Waals surface area (Å²) in [7, 11) is 0. The molecule has 2 nitrogen and oxygen atoms in total. The van der Waals surface area contributed by atoms with E-state index < -0.39 is 0 Å². The van der Waals surface area contributed by atoms with Gasteiger partial charge in [-0.05, 0) is 127 Å². The minimum atomic E-state index is 0.887. The van der Waals surface area contributed by atoms with Crippen molar-refractivity contribution in [1.29, 1.82) is 0 Å². The van der Waals surface area contributed by atoms with Crippen LogP contribution in [0.5, 0.6) is 0 Å². The first-order chi connectivity index (χ1) is 37.6. The van der Waals surface area contributed by atoms with Gasteiger partial charge in [-0.1, -0.05) is 225 Å². The van der Waals surface area contributed by atoms with E-state index in [-0.39, 0.29) is 0 Å². The van der Waals surface area contributed by atoms with Crippen molar-refractivity contribution < 1.29 is 4.42 Å². The van der Waals surface area contributed by atoms with Gasteiger partial charge in [-0.25, -0.2) is 0 Å². The monoisotopic (exact) mass is 987 g/mol. The number of para-hydroxylation sites is 1. The Bertz CT molecular complexity index is 4540. The molecule has 3 heteroatoms. The van der Waals surface area contributed by atoms with Gasteiger partial charge in [-0.15, -0.1) is 11.3 Å². The van der Waals surface area contributed by atoms with Gasteiger partial charge in [-0.3, -0.25) is 0 Å². The summed E-state index contributed by atoms with van der Waals surface area (Å²) < 4.78 is 9.38. The fourth-order valence-corrected chi connectivity index (χ4v) is 12.8. The third-order valence-electron chi connectivity index (χ3n) is 15.2. The van der Waals surface area contributed by atoms with Crippen LogP contribution in [-0.4, -0.2) is 0 Å². The van der Waals surface area contributed by atoms with Crippen molar-refractivity contribution in [1.82, 2.24) is 0 Å². The molecular weight excluding hydrogens is 939 g/mol. The fourth-order valence-electron chi connectivity index (χ4n) is 11.4. The van der Waals surface area contributed by atoms with E-state index in [0.29, 0.717) is 0 Å². The van der Waals surface area contributed by atoms with Crippen LogP contribution in [0.15, 0.2) is 266 Å². The van der Waals surface area contributed by atoms with E-state index in [0.717, 1.165) is 72.4 Å². The van der Waals surface area contributed by atoms with Crippen LogP contribution >= 0.6 is 11.3 Å². The Balaban J connectivity index is 0.783. The van der Waals surface area contributed by atoms with Crippen molar-refractivity contribution in [2.24, 2.45) is 0 Å². The average molecular weight is 988 g/mol. The lowest BCUT2D eigenvalue weighted by Crippen LogP contribution is -2.09. The fraction of sp³-hybridized carbons (Fsp3) is 0.0137. The highest BCUT2D eigenvalue weighted by atomic mass is 32.1. The van der Waals surface area contributed by atoms with Gasteiger partial charge in [0.2, 0.25) is 0 Å². The Morgan fingerprint density at radius 1 is 0.382 bits per heavy atom. The summed E-state index contributed by atoms with van der Waals surface area (Å²) in [5, 5.41) is 9.98. The molecule has 0 saturated carbocycles. The first kappa shape index (κ1) is 45.1. The molecule has 0 aliphatic heterocycles. The highest BCUT2D eigenvalue weighted by Gasteiger charge is 2.19. The van der Waals surface area contributed by atoms with Gasteiger partial charge < -0.3 is 9.32 Å². The van der Waals surface area contributed by atoms with E-state index in [1.807, 2.05) is 24.3 Å². The molecule has 0 fully saturated rings. The molecule has 14 rings (SSSR count). The first-order valence-corrected chi connectivity index (χ1v) is 26.8. The van der Waals surface area contributed by atoms with E-state index in [1.165, 1.54) is 75.1 Å². The van der Waals surface area contributed by atoms with Crippen LogP contribution in [-0.2, 0) is 0 Å². The lowest BCUT2D eigenvalue weighted by atomic mass is 9.94. The van der Waals surface area contributed by atoms with Crippen LogP contribution in [0.2, 0.25) is 0 Å². The Morgan fingerprint density at radius 2 is 0.882 bits per heavy atom. The Morgan fingerprint density at radius 3 is 1.50 bits per heavy atom. The summed E-state index contributed by atoms with van der Waals surface area (Å²) in [4.78, 5) is 2.35. The van der Waals surface area contributed by atoms with Gasteiger partial charge >= 0.3 is 0 Å². The highest BCUT2D eigenvalue weighted by molar-refractivity contribution is 7.27. The Hall–Kier alpha value is -9.54. The quantitative estimate of drug-likeness (QED) is 0.136. The Kier molecular flexibility index (Phi) is 11.1. The molecule has 0 aliphatic carbocycles. The van der Waals surface area contributed by atoms with Gasteiger partial charge in [-0.2, -0.15) is 0 Å². The summed E-state index contributed by atoms with van der Waals surface area (Å²) in [6.07, 6.45) is 6.05. The van der Waals surface area contributed by atoms with Gasteiger partial charge in [0.05, 0.1) is 0 Å². The van der Waals surface area contributed by atoms with Crippen LogP contribution in [0.1, 0.15) is 18.1 Å². The first-order valence-electron chi connectivity index (χ1n) is 25.9. The van der Waals surface area contributed by atoms with Crippen LogP contribution in [0.3, 0.4) is 0 Å². The summed E-state index contributed by atoms with van der Waals surface area (Å²) in [6, 6.07) is 90.7. The molecule has 0 unspecified atom stereocenters. The maximum absolute atomic E-state index is 6.70. The second-order valence-electron chi connectivity index (χ2n) is 19.5. The van der Waals surface area contributed by atoms with Gasteiger partial charge in [0.15, 0.2) is 0 Å². The number of nitrogens with zero attached hydrogens (tertiary/aromatic N) is 1. The zero-order chi connectivity index (χ0) is 50.7. The summed E-state index contributed by atoms with van der Waals surface area (Å²) in [5.74, 6) is 0. The van der Waals surface area contributed by atoms with E-state index in [2.05, 4.69) is 272 Å². The lowest BCUT2D eigenvalue weighted by Gasteiger charge is -2.26. The molecule has 0 saturated heterocycles. The zero-order valence-electron chi connectivity index (χ0n) is 41.9. The van der Waals surface area contributed by atoms with Crippen LogP contribution < -0.4 is 4.90 Å². The number of fused-ring (bicyclic) bond motifs is 9. The number of allylic oxidation sites excluding steroid dienone is 1. The normalized spacial score (nSPS) is 11.8. The average Bonchev–Trinajstić information content (AvgIpc) is 4.15. The largest absolute Gasteiger partial charge is 0.455 e. The number of rotatable bonds is 10. The molecule has 358 valence electrons. The van der Waals surface area contributed by atoms with E-state index in [9.17, 15) is 0 Å². The second kappa shape index (κ2) is 18.7. The molecule has 0 amide bonds. The maximum Gasteiger partial charge on any atom is 0.143 e. The number of thiophene rings is 1. The number of anilines is 3. The number of furan rings is 1. The van der Waals surface area contributed by atoms with E-state index in [1.54, 1.807) is 0 Å². The third kappa shape index (κ3) is 7.71. The predicted molar refractivity (Wildman–Crippen MR) is 328 cm³/mol. The Labute approximate surface area is 446 Å². The third-order valence-corrected chi connectivity index (χ3v) is 16.5. The maximum atomic E-state index is 6.70. The van der Waals surface area contributed by atoms with Crippen molar-refractivity contribution in [2.75, 3.05) is 4.90 Å². The summed E-state index contributed by atoms with van der Waals surface area (Å²) >= 11 is 1.92. The van der Waals surface area contributed by atoms with E-state index in [4.69, 9.17) is 4.42 Å². The van der Waals surface area contributed by atoms with Crippen molar-refractivity contribution >= 4 is 104 Å². The lowest BCUT2D eigenvalue weighted by molar-refractivity contribution is 0.669. The molecular formula is C73H49NOS. The molecule has 12 aromatic carbocycles. The minimum Gasteiger partial charge on any atom is -0.455 e. The molecule has 0 bridgehead atoms. The van der Waals surface area contributed by atoms with Crippen molar-refractivity contribution in [3.63, 3.8) is 0 Å². The molecule has 0 spiro atoms. The van der Waals surface area contributed by atoms with Gasteiger partial charge in [0, 0.05) is 64.7 Å². The van der Waals surface area contributed by atoms with E-state index >= 15 is 0 Å². The molecule has 0 N–H and O–H groups in total. The molecule has 0 aliphatic rings.